The van der Waals surface area contributed by atoms with Crippen molar-refractivity contribution >= 4 is 61.9 Å². The number of hydrogen-bond acceptors (Lipinski definition) is 5. The van der Waals surface area contributed by atoms with Crippen molar-refractivity contribution in [3.63, 3.8) is 0 Å². The quantitative estimate of drug-likeness (QED) is 0.218. The lowest BCUT2D eigenvalue weighted by Crippen LogP contribution is -2.29. The molecular formula is C28H27BrCl2N4O2. The zero-order valence-electron chi connectivity index (χ0n) is 21.2. The fourth-order valence-corrected chi connectivity index (χ4v) is 4.37. The molecular weight excluding hydrogens is 575 g/mol. The summed E-state index contributed by atoms with van der Waals surface area (Å²) in [4.78, 5) is 20.3. The SMILES string of the molecule is CN(C)c1ccc(C=Nn2c(C(C)(C)C)nc3ccc(Br)cc3c2=O)c(OCc2ccc(Cl)c(Cl)c2)c1. The van der Waals surface area contributed by atoms with E-state index in [4.69, 9.17) is 32.9 Å². The summed E-state index contributed by atoms with van der Waals surface area (Å²) in [5.74, 6) is 1.18. The van der Waals surface area contributed by atoms with Crippen LogP contribution in [0.5, 0.6) is 5.75 Å². The predicted octanol–water partition coefficient (Wildman–Crippen LogP) is 7.29. The summed E-state index contributed by atoms with van der Waals surface area (Å²) in [5, 5.41) is 6.05. The Morgan fingerprint density at radius 2 is 1.81 bits per heavy atom. The van der Waals surface area contributed by atoms with Gasteiger partial charge in [-0.05, 0) is 48.0 Å². The molecule has 0 atom stereocenters. The van der Waals surface area contributed by atoms with E-state index in [1.165, 1.54) is 4.68 Å². The van der Waals surface area contributed by atoms with Crippen molar-refractivity contribution < 1.29 is 4.74 Å². The van der Waals surface area contributed by atoms with E-state index in [0.29, 0.717) is 38.1 Å². The first-order chi connectivity index (χ1) is 17.4. The molecule has 0 unspecified atom stereocenters. The Morgan fingerprint density at radius 1 is 1.05 bits per heavy atom. The number of halogens is 3. The molecule has 0 spiro atoms. The molecule has 0 bridgehead atoms. The van der Waals surface area contributed by atoms with Crippen molar-refractivity contribution in [3.05, 3.63) is 96.4 Å². The number of rotatable bonds is 6. The molecule has 0 saturated carbocycles. The second kappa shape index (κ2) is 10.9. The van der Waals surface area contributed by atoms with E-state index < -0.39 is 5.41 Å². The Hall–Kier alpha value is -2.87. The fourth-order valence-electron chi connectivity index (χ4n) is 3.68. The number of aromatic nitrogens is 2. The summed E-state index contributed by atoms with van der Waals surface area (Å²) in [6.07, 6.45) is 1.63. The molecule has 9 heteroatoms. The van der Waals surface area contributed by atoms with E-state index >= 15 is 0 Å². The largest absolute Gasteiger partial charge is 0.488 e. The van der Waals surface area contributed by atoms with E-state index in [-0.39, 0.29) is 12.2 Å². The lowest BCUT2D eigenvalue weighted by molar-refractivity contribution is 0.306. The highest BCUT2D eigenvalue weighted by atomic mass is 79.9. The third kappa shape index (κ3) is 6.17. The van der Waals surface area contributed by atoms with Crippen molar-refractivity contribution in [2.24, 2.45) is 5.10 Å². The molecule has 0 aliphatic heterocycles. The first-order valence-electron chi connectivity index (χ1n) is 11.6. The molecule has 6 nitrogen and oxygen atoms in total. The number of fused-ring (bicyclic) bond motifs is 1. The van der Waals surface area contributed by atoms with Crippen molar-refractivity contribution in [2.45, 2.75) is 32.8 Å². The molecule has 0 saturated heterocycles. The van der Waals surface area contributed by atoms with E-state index in [1.54, 1.807) is 24.4 Å². The van der Waals surface area contributed by atoms with E-state index in [1.807, 2.05) is 76.2 Å². The molecule has 0 aliphatic carbocycles. The molecule has 4 aromatic rings. The predicted molar refractivity (Wildman–Crippen MR) is 157 cm³/mol. The number of benzene rings is 3. The van der Waals surface area contributed by atoms with Crippen LogP contribution >= 0.6 is 39.1 Å². The maximum atomic E-state index is 13.5. The number of ether oxygens (including phenoxy) is 1. The summed E-state index contributed by atoms with van der Waals surface area (Å²) in [6.45, 7) is 6.29. The Kier molecular flexibility index (Phi) is 7.97. The van der Waals surface area contributed by atoms with Gasteiger partial charge in [-0.1, -0.05) is 66.0 Å². The summed E-state index contributed by atoms with van der Waals surface area (Å²) in [7, 11) is 3.92. The first-order valence-corrected chi connectivity index (χ1v) is 13.1. The zero-order chi connectivity index (χ0) is 26.9. The van der Waals surface area contributed by atoms with Gasteiger partial charge in [0.15, 0.2) is 0 Å². The van der Waals surface area contributed by atoms with Gasteiger partial charge in [-0.25, -0.2) is 4.98 Å². The van der Waals surface area contributed by atoms with Crippen LogP contribution in [0.1, 0.15) is 37.7 Å². The summed E-state index contributed by atoms with van der Waals surface area (Å²) in [5.41, 5.74) is 2.53. The standard InChI is InChI=1S/C28H27BrCl2N4O2/c1-28(2,3)27-33-24-11-8-19(29)13-21(24)26(36)35(27)32-15-18-7-9-20(34(4)5)14-25(18)37-16-17-6-10-22(30)23(31)12-17/h6-15H,16H2,1-5H3. The van der Waals surface area contributed by atoms with Crippen LogP contribution in [0.25, 0.3) is 10.9 Å². The highest BCUT2D eigenvalue weighted by Gasteiger charge is 2.23. The molecule has 0 radical (unpaired) electrons. The van der Waals surface area contributed by atoms with Crippen molar-refractivity contribution in [3.8, 4) is 5.75 Å². The van der Waals surface area contributed by atoms with Crippen molar-refractivity contribution in [2.75, 3.05) is 19.0 Å². The average molecular weight is 602 g/mol. The van der Waals surface area contributed by atoms with Gasteiger partial charge in [-0.2, -0.15) is 9.78 Å². The average Bonchev–Trinajstić information content (AvgIpc) is 2.84. The molecule has 0 N–H and O–H groups in total. The summed E-state index contributed by atoms with van der Waals surface area (Å²) >= 11 is 15.7. The summed E-state index contributed by atoms with van der Waals surface area (Å²) < 4.78 is 8.36. The van der Waals surface area contributed by atoms with Gasteiger partial charge >= 0.3 is 0 Å². The second-order valence-electron chi connectivity index (χ2n) is 9.86. The molecule has 0 aliphatic rings. The number of anilines is 1. The van der Waals surface area contributed by atoms with Gasteiger partial charge in [-0.15, -0.1) is 0 Å². The fraction of sp³-hybridized carbons (Fsp3) is 0.250. The topological polar surface area (TPSA) is 59.7 Å². The molecule has 1 heterocycles. The Morgan fingerprint density at radius 3 is 2.49 bits per heavy atom. The smallest absolute Gasteiger partial charge is 0.282 e. The zero-order valence-corrected chi connectivity index (χ0v) is 24.3. The monoisotopic (exact) mass is 600 g/mol. The molecule has 0 amide bonds. The van der Waals surface area contributed by atoms with Crippen LogP contribution in [0.4, 0.5) is 5.69 Å². The Bertz CT molecular complexity index is 1560. The van der Waals surface area contributed by atoms with Crippen LogP contribution in [0.3, 0.4) is 0 Å². The minimum absolute atomic E-state index is 0.240. The van der Waals surface area contributed by atoms with Crippen LogP contribution in [0.2, 0.25) is 10.0 Å². The molecule has 1 aromatic heterocycles. The van der Waals surface area contributed by atoms with Crippen LogP contribution in [0, 0.1) is 0 Å². The molecule has 4 rings (SSSR count). The maximum Gasteiger partial charge on any atom is 0.282 e. The van der Waals surface area contributed by atoms with Gasteiger partial charge in [0.2, 0.25) is 0 Å². The van der Waals surface area contributed by atoms with E-state index in [9.17, 15) is 4.79 Å². The Balaban J connectivity index is 1.78. The van der Waals surface area contributed by atoms with E-state index in [0.717, 1.165) is 15.7 Å². The molecule has 192 valence electrons. The van der Waals surface area contributed by atoms with Gasteiger partial charge in [0.1, 0.15) is 18.2 Å². The van der Waals surface area contributed by atoms with Gasteiger partial charge in [-0.3, -0.25) is 4.79 Å². The third-order valence-electron chi connectivity index (χ3n) is 5.68. The minimum Gasteiger partial charge on any atom is -0.488 e. The third-order valence-corrected chi connectivity index (χ3v) is 6.92. The molecule has 37 heavy (non-hydrogen) atoms. The van der Waals surface area contributed by atoms with Crippen LogP contribution in [0.15, 0.2) is 69.0 Å². The summed E-state index contributed by atoms with van der Waals surface area (Å²) in [6, 6.07) is 16.7. The highest BCUT2D eigenvalue weighted by Crippen LogP contribution is 2.28. The Labute approximate surface area is 234 Å². The van der Waals surface area contributed by atoms with Crippen LogP contribution < -0.4 is 15.2 Å². The van der Waals surface area contributed by atoms with Crippen LogP contribution in [-0.4, -0.2) is 30.0 Å². The maximum absolute atomic E-state index is 13.5. The second-order valence-corrected chi connectivity index (χ2v) is 11.6. The minimum atomic E-state index is -0.417. The van der Waals surface area contributed by atoms with Gasteiger partial charge < -0.3 is 9.64 Å². The van der Waals surface area contributed by atoms with Crippen molar-refractivity contribution in [1.82, 2.24) is 9.66 Å². The lowest BCUT2D eigenvalue weighted by atomic mass is 9.95. The first kappa shape index (κ1) is 27.2. The number of hydrogen-bond donors (Lipinski definition) is 0. The molecule has 0 fully saturated rings. The normalized spacial score (nSPS) is 11.9. The molecule has 3 aromatic carbocycles. The number of nitrogens with zero attached hydrogens (tertiary/aromatic N) is 4. The van der Waals surface area contributed by atoms with Crippen molar-refractivity contribution in [1.29, 1.82) is 0 Å². The van der Waals surface area contributed by atoms with Gasteiger partial charge in [0.05, 0.1) is 27.2 Å². The van der Waals surface area contributed by atoms with E-state index in [2.05, 4.69) is 21.0 Å². The van der Waals surface area contributed by atoms with Gasteiger partial charge in [0.25, 0.3) is 5.56 Å². The highest BCUT2D eigenvalue weighted by molar-refractivity contribution is 9.10. The van der Waals surface area contributed by atoms with Crippen LogP contribution in [-0.2, 0) is 12.0 Å². The lowest BCUT2D eigenvalue weighted by Gasteiger charge is -2.21. The van der Waals surface area contributed by atoms with Gasteiger partial charge in [0, 0.05) is 41.3 Å².